The molecule has 0 radical (unpaired) electrons. The van der Waals surface area contributed by atoms with Gasteiger partial charge in [0.2, 0.25) is 0 Å². The number of thiazole rings is 1. The molecule has 4 heteroatoms. The molecule has 0 aliphatic heterocycles. The number of aryl methyl sites for hydroxylation is 1. The van der Waals surface area contributed by atoms with Gasteiger partial charge in [-0.3, -0.25) is 4.57 Å². The summed E-state index contributed by atoms with van der Waals surface area (Å²) in [5, 5.41) is 0.936. The average Bonchev–Trinajstić information content (AvgIpc) is 2.43. The van der Waals surface area contributed by atoms with Gasteiger partial charge in [-0.05, 0) is 31.3 Å². The highest BCUT2D eigenvalue weighted by atomic mass is 32.1. The van der Waals surface area contributed by atoms with Crippen LogP contribution in [0.3, 0.4) is 0 Å². The molecule has 1 aromatic heterocycles. The standard InChI is InChI=1S/C10H9NS3/c1-7-9(12)11(10(13)14-7)8-5-3-2-4-6-8/h2-6,12H,1H3. The van der Waals surface area contributed by atoms with Crippen LogP contribution in [-0.2, 0) is 0 Å². The SMILES string of the molecule is Cc1sc(=S)n(-c2ccccc2)c1S. The molecule has 0 saturated carbocycles. The molecule has 1 aromatic carbocycles. The number of benzene rings is 1. The molecule has 0 atom stereocenters. The zero-order chi connectivity index (χ0) is 10.1. The zero-order valence-corrected chi connectivity index (χ0v) is 10.1. The van der Waals surface area contributed by atoms with Crippen molar-refractivity contribution < 1.29 is 0 Å². The van der Waals surface area contributed by atoms with Gasteiger partial charge >= 0.3 is 0 Å². The molecular formula is C10H9NS3. The maximum absolute atomic E-state index is 5.27. The Kier molecular flexibility index (Phi) is 2.76. The number of para-hydroxylation sites is 1. The Hall–Kier alpha value is -0.580. The van der Waals surface area contributed by atoms with Crippen LogP contribution in [0.5, 0.6) is 0 Å². The maximum atomic E-state index is 5.27. The van der Waals surface area contributed by atoms with E-state index < -0.39 is 0 Å². The van der Waals surface area contributed by atoms with Crippen LogP contribution in [0.15, 0.2) is 35.4 Å². The first-order valence-electron chi connectivity index (χ1n) is 4.17. The molecule has 0 amide bonds. The summed E-state index contributed by atoms with van der Waals surface area (Å²) in [5.74, 6) is 0. The van der Waals surface area contributed by atoms with Crippen LogP contribution >= 0.6 is 36.2 Å². The second-order valence-electron chi connectivity index (χ2n) is 2.92. The molecule has 0 aliphatic rings. The minimum Gasteiger partial charge on any atom is -0.286 e. The van der Waals surface area contributed by atoms with Gasteiger partial charge in [0.25, 0.3) is 0 Å². The van der Waals surface area contributed by atoms with Crippen LogP contribution in [0.25, 0.3) is 5.69 Å². The van der Waals surface area contributed by atoms with Crippen molar-refractivity contribution >= 4 is 36.2 Å². The minimum atomic E-state index is 0.846. The molecule has 2 aromatic rings. The lowest BCUT2D eigenvalue weighted by Gasteiger charge is -2.04. The molecule has 14 heavy (non-hydrogen) atoms. The molecule has 72 valence electrons. The van der Waals surface area contributed by atoms with Gasteiger partial charge in [0, 0.05) is 10.6 Å². The first-order valence-corrected chi connectivity index (χ1v) is 5.84. The first kappa shape index (κ1) is 9.96. The quantitative estimate of drug-likeness (QED) is 0.585. The zero-order valence-electron chi connectivity index (χ0n) is 7.60. The Labute approximate surface area is 97.4 Å². The predicted octanol–water partition coefficient (Wildman–Crippen LogP) is 3.87. The minimum absolute atomic E-state index is 0.846. The van der Waals surface area contributed by atoms with Crippen LogP contribution in [-0.4, -0.2) is 4.57 Å². The fraction of sp³-hybridized carbons (Fsp3) is 0.100. The number of nitrogens with zero attached hydrogens (tertiary/aromatic N) is 1. The number of aromatic nitrogens is 1. The summed E-state index contributed by atoms with van der Waals surface area (Å²) in [7, 11) is 0. The third kappa shape index (κ3) is 1.65. The van der Waals surface area contributed by atoms with E-state index >= 15 is 0 Å². The van der Waals surface area contributed by atoms with Crippen molar-refractivity contribution in [1.29, 1.82) is 0 Å². The second kappa shape index (κ2) is 3.88. The molecule has 0 N–H and O–H groups in total. The summed E-state index contributed by atoms with van der Waals surface area (Å²) in [6, 6.07) is 10.0. The number of hydrogen-bond acceptors (Lipinski definition) is 3. The van der Waals surface area contributed by atoms with Gasteiger partial charge in [-0.2, -0.15) is 0 Å². The van der Waals surface area contributed by atoms with Crippen molar-refractivity contribution in [2.75, 3.05) is 0 Å². The lowest BCUT2D eigenvalue weighted by Crippen LogP contribution is -1.93. The summed E-state index contributed by atoms with van der Waals surface area (Å²) in [5.41, 5.74) is 1.08. The van der Waals surface area contributed by atoms with Gasteiger partial charge in [0.05, 0.1) is 5.03 Å². The Morgan fingerprint density at radius 2 is 1.93 bits per heavy atom. The summed E-state index contributed by atoms with van der Waals surface area (Å²) >= 11 is 11.3. The third-order valence-corrected chi connectivity index (χ3v) is 3.94. The molecular weight excluding hydrogens is 230 g/mol. The Balaban J connectivity index is 2.69. The topological polar surface area (TPSA) is 4.93 Å². The van der Waals surface area contributed by atoms with E-state index in [0.717, 1.165) is 19.5 Å². The van der Waals surface area contributed by atoms with Crippen LogP contribution in [0.1, 0.15) is 4.88 Å². The van der Waals surface area contributed by atoms with Gasteiger partial charge in [0.1, 0.15) is 0 Å². The molecule has 0 saturated heterocycles. The molecule has 0 unspecified atom stereocenters. The van der Waals surface area contributed by atoms with E-state index in [-0.39, 0.29) is 0 Å². The van der Waals surface area contributed by atoms with Crippen molar-refractivity contribution in [3.8, 4) is 5.69 Å². The largest absolute Gasteiger partial charge is 0.286 e. The molecule has 0 aliphatic carbocycles. The van der Waals surface area contributed by atoms with E-state index in [2.05, 4.69) is 12.6 Å². The van der Waals surface area contributed by atoms with Gasteiger partial charge in [-0.15, -0.1) is 24.0 Å². The van der Waals surface area contributed by atoms with Gasteiger partial charge < -0.3 is 0 Å². The van der Waals surface area contributed by atoms with E-state index in [4.69, 9.17) is 12.2 Å². The van der Waals surface area contributed by atoms with Gasteiger partial charge in [-0.25, -0.2) is 0 Å². The van der Waals surface area contributed by atoms with Gasteiger partial charge in [0.15, 0.2) is 3.95 Å². The van der Waals surface area contributed by atoms with Crippen molar-refractivity contribution in [3.63, 3.8) is 0 Å². The van der Waals surface area contributed by atoms with Crippen molar-refractivity contribution in [2.24, 2.45) is 0 Å². The highest BCUT2D eigenvalue weighted by Crippen LogP contribution is 2.25. The highest BCUT2D eigenvalue weighted by molar-refractivity contribution is 7.80. The van der Waals surface area contributed by atoms with Crippen LogP contribution in [0, 0.1) is 10.9 Å². The molecule has 1 heterocycles. The smallest absolute Gasteiger partial charge is 0.166 e. The van der Waals surface area contributed by atoms with Crippen molar-refractivity contribution in [3.05, 3.63) is 39.2 Å². The van der Waals surface area contributed by atoms with E-state index in [1.54, 1.807) is 11.3 Å². The number of rotatable bonds is 1. The van der Waals surface area contributed by atoms with Crippen LogP contribution in [0.2, 0.25) is 0 Å². The van der Waals surface area contributed by atoms with E-state index in [0.29, 0.717) is 0 Å². The normalized spacial score (nSPS) is 10.4. The Morgan fingerprint density at radius 3 is 2.43 bits per heavy atom. The van der Waals surface area contributed by atoms with E-state index in [1.807, 2.05) is 41.8 Å². The van der Waals surface area contributed by atoms with Crippen molar-refractivity contribution in [2.45, 2.75) is 11.9 Å². The molecule has 0 spiro atoms. The van der Waals surface area contributed by atoms with Crippen molar-refractivity contribution in [1.82, 2.24) is 4.57 Å². The monoisotopic (exact) mass is 239 g/mol. The average molecular weight is 239 g/mol. The fourth-order valence-corrected chi connectivity index (χ4v) is 3.06. The predicted molar refractivity (Wildman–Crippen MR) is 66.5 cm³/mol. The summed E-state index contributed by atoms with van der Waals surface area (Å²) < 4.78 is 2.83. The number of hydrogen-bond donors (Lipinski definition) is 1. The summed E-state index contributed by atoms with van der Waals surface area (Å²) in [6.07, 6.45) is 0. The van der Waals surface area contributed by atoms with Gasteiger partial charge in [-0.1, -0.05) is 18.2 Å². The third-order valence-electron chi connectivity index (χ3n) is 1.96. The van der Waals surface area contributed by atoms with E-state index in [9.17, 15) is 0 Å². The number of thiol groups is 1. The maximum Gasteiger partial charge on any atom is 0.166 e. The lowest BCUT2D eigenvalue weighted by molar-refractivity contribution is 0.936. The second-order valence-corrected chi connectivity index (χ2v) is 5.19. The fourth-order valence-electron chi connectivity index (χ4n) is 1.27. The van der Waals surface area contributed by atoms with Crippen LogP contribution in [0.4, 0.5) is 0 Å². The Bertz CT molecular complexity index is 496. The molecule has 1 nitrogen and oxygen atoms in total. The lowest BCUT2D eigenvalue weighted by atomic mass is 10.3. The Morgan fingerprint density at radius 1 is 1.29 bits per heavy atom. The molecule has 0 fully saturated rings. The first-order chi connectivity index (χ1) is 6.70. The summed E-state index contributed by atoms with van der Waals surface area (Å²) in [6.45, 7) is 2.03. The summed E-state index contributed by atoms with van der Waals surface area (Å²) in [4.78, 5) is 1.15. The van der Waals surface area contributed by atoms with Crippen LogP contribution < -0.4 is 0 Å². The molecule has 2 rings (SSSR count). The van der Waals surface area contributed by atoms with E-state index in [1.165, 1.54) is 0 Å². The molecule has 0 bridgehead atoms. The highest BCUT2D eigenvalue weighted by Gasteiger charge is 2.06.